The first-order valence-electron chi connectivity index (χ1n) is 16.9. The van der Waals surface area contributed by atoms with Gasteiger partial charge in [-0.05, 0) is 68.2 Å². The number of hydrogen-bond donors (Lipinski definition) is 1. The number of piperazine rings is 1. The van der Waals surface area contributed by atoms with E-state index >= 15 is 0 Å². The van der Waals surface area contributed by atoms with E-state index in [1.807, 2.05) is 18.3 Å². The Kier molecular flexibility index (Phi) is 8.91. The van der Waals surface area contributed by atoms with Gasteiger partial charge >= 0.3 is 0 Å². The molecule has 2 saturated heterocycles. The number of hydrogen-bond acceptors (Lipinski definition) is 11. The summed E-state index contributed by atoms with van der Waals surface area (Å²) in [5.41, 5.74) is 3.15. The molecule has 1 aliphatic carbocycles. The minimum atomic E-state index is -0.349. The van der Waals surface area contributed by atoms with Crippen LogP contribution in [0.2, 0.25) is 0 Å². The summed E-state index contributed by atoms with van der Waals surface area (Å²) in [4.78, 5) is 54.7. The van der Waals surface area contributed by atoms with E-state index in [9.17, 15) is 14.4 Å². The van der Waals surface area contributed by atoms with Gasteiger partial charge in [0.25, 0.3) is 11.1 Å². The molecule has 0 bridgehead atoms. The molecule has 260 valence electrons. The van der Waals surface area contributed by atoms with Crippen LogP contribution in [0.1, 0.15) is 43.7 Å². The number of rotatable bonds is 9. The second-order valence-electron chi connectivity index (χ2n) is 14.2. The smallest absolute Gasteiger partial charge is 0.290 e. The van der Waals surface area contributed by atoms with Gasteiger partial charge in [0, 0.05) is 54.7 Å². The molecule has 13 heteroatoms. The zero-order valence-corrected chi connectivity index (χ0v) is 29.9. The molecule has 0 aromatic carbocycles. The fourth-order valence-electron chi connectivity index (χ4n) is 7.38. The molecule has 4 aromatic heterocycles. The second kappa shape index (κ2) is 13.2. The number of pyridine rings is 2. The molecule has 2 fully saturated rings. The summed E-state index contributed by atoms with van der Waals surface area (Å²) in [6.07, 6.45) is 9.34. The summed E-state index contributed by atoms with van der Waals surface area (Å²) >= 11 is 1.48. The molecule has 0 unspecified atom stereocenters. The Balaban J connectivity index is 1.17. The molecule has 4 aromatic rings. The van der Waals surface area contributed by atoms with Crippen LogP contribution >= 0.6 is 11.3 Å². The number of thiophene rings is 1. The van der Waals surface area contributed by atoms with Gasteiger partial charge in [0.1, 0.15) is 16.2 Å². The van der Waals surface area contributed by atoms with Crippen LogP contribution in [0.25, 0.3) is 21.5 Å². The predicted octanol–water partition coefficient (Wildman–Crippen LogP) is 4.50. The van der Waals surface area contributed by atoms with Crippen molar-refractivity contribution in [2.45, 2.75) is 52.6 Å². The highest BCUT2D eigenvalue weighted by Gasteiger charge is 2.34. The van der Waals surface area contributed by atoms with Gasteiger partial charge in [-0.1, -0.05) is 19.9 Å². The van der Waals surface area contributed by atoms with E-state index in [0.717, 1.165) is 61.4 Å². The second-order valence-corrected chi connectivity index (χ2v) is 15.3. The van der Waals surface area contributed by atoms with Gasteiger partial charge in [-0.15, -0.1) is 11.3 Å². The number of nitrogens with zero attached hydrogens (tertiary/aromatic N) is 7. The van der Waals surface area contributed by atoms with Crippen LogP contribution in [0.15, 0.2) is 63.0 Å². The third kappa shape index (κ3) is 6.03. The van der Waals surface area contributed by atoms with Gasteiger partial charge in [-0.2, -0.15) is 9.78 Å². The Hall–Kier alpha value is -4.72. The molecule has 1 atom stereocenters. The number of allylic oxidation sites excluding steroid dienone is 3. The predicted molar refractivity (Wildman–Crippen MR) is 200 cm³/mol. The first-order chi connectivity index (χ1) is 24.0. The standard InChI is InChI=1S/C37H42N8O4S/c1-7-26(29(19-46)34(38-5)45-36(48)33-28(16-40-45)27-13-37(3,4)14-31(27)50-33)23-12-30(35(47)42(6)18-23)41-32-9-8-24(15-39-32)44-11-10-43(17-22(44)2)25-20-49-21-25/h7-9,12,15-16,18-19,22,25H,5,10-11,13-14,17,20-21H2,1-4,6H3,(H,39,41)/b26-7-,34-29+/t22-/m0/s1. The van der Waals surface area contributed by atoms with E-state index in [-0.39, 0.29) is 33.6 Å². The van der Waals surface area contributed by atoms with Gasteiger partial charge in [-0.3, -0.25) is 19.3 Å². The Labute approximate surface area is 294 Å². The maximum atomic E-state index is 13.8. The number of carbonyl (C=O) groups excluding carboxylic acids is 1. The van der Waals surface area contributed by atoms with Crippen molar-refractivity contribution in [2.75, 3.05) is 43.1 Å². The number of aldehydes is 1. The number of carbonyl (C=O) groups is 1. The topological polar surface area (TPSA) is 127 Å². The van der Waals surface area contributed by atoms with Crippen LogP contribution in [0, 0.1) is 5.41 Å². The highest BCUT2D eigenvalue weighted by atomic mass is 32.1. The van der Waals surface area contributed by atoms with Crippen molar-refractivity contribution < 1.29 is 9.53 Å². The van der Waals surface area contributed by atoms with E-state index in [1.54, 1.807) is 38.5 Å². The molecule has 50 heavy (non-hydrogen) atoms. The molecule has 2 aliphatic heterocycles. The van der Waals surface area contributed by atoms with Crippen LogP contribution in [0.4, 0.5) is 17.2 Å². The molecule has 0 radical (unpaired) electrons. The molecule has 6 heterocycles. The quantitative estimate of drug-likeness (QED) is 0.117. The van der Waals surface area contributed by atoms with Crippen molar-refractivity contribution in [1.82, 2.24) is 24.2 Å². The fraction of sp³-hybridized carbons (Fsp3) is 0.405. The minimum absolute atomic E-state index is 0.0191. The van der Waals surface area contributed by atoms with Crippen molar-refractivity contribution in [1.29, 1.82) is 0 Å². The molecular weight excluding hydrogens is 653 g/mol. The molecule has 0 spiro atoms. The Morgan fingerprint density at radius 3 is 2.60 bits per heavy atom. The van der Waals surface area contributed by atoms with Crippen molar-refractivity contribution in [3.63, 3.8) is 0 Å². The minimum Gasteiger partial charge on any atom is -0.378 e. The Morgan fingerprint density at radius 2 is 1.96 bits per heavy atom. The fourth-order valence-corrected chi connectivity index (χ4v) is 8.86. The van der Waals surface area contributed by atoms with E-state index in [4.69, 9.17) is 4.74 Å². The number of ether oxygens (including phenoxy) is 1. The van der Waals surface area contributed by atoms with E-state index in [1.165, 1.54) is 26.3 Å². The summed E-state index contributed by atoms with van der Waals surface area (Å²) in [7, 11) is 1.64. The van der Waals surface area contributed by atoms with Crippen LogP contribution in [-0.4, -0.2) is 82.2 Å². The lowest BCUT2D eigenvalue weighted by Gasteiger charge is -2.46. The van der Waals surface area contributed by atoms with Gasteiger partial charge in [-0.25, -0.2) is 9.98 Å². The number of aryl methyl sites for hydroxylation is 1. The number of nitrogens with one attached hydrogen (secondary N) is 1. The lowest BCUT2D eigenvalue weighted by atomic mass is 9.90. The van der Waals surface area contributed by atoms with Crippen molar-refractivity contribution >= 4 is 63.0 Å². The van der Waals surface area contributed by atoms with Gasteiger partial charge in [0.15, 0.2) is 12.1 Å². The maximum absolute atomic E-state index is 13.8. The number of aliphatic imine (C=N–C) groups is 1. The third-order valence-electron chi connectivity index (χ3n) is 10.0. The van der Waals surface area contributed by atoms with Crippen LogP contribution < -0.4 is 21.3 Å². The molecule has 1 N–H and O–H groups in total. The summed E-state index contributed by atoms with van der Waals surface area (Å²) in [6.45, 7) is 16.6. The van der Waals surface area contributed by atoms with Crippen LogP contribution in [0.3, 0.4) is 0 Å². The van der Waals surface area contributed by atoms with Crippen LogP contribution in [-0.2, 0) is 29.4 Å². The van der Waals surface area contributed by atoms with E-state index < -0.39 is 0 Å². The molecule has 7 rings (SSSR count). The van der Waals surface area contributed by atoms with Crippen molar-refractivity contribution in [2.24, 2.45) is 17.5 Å². The number of fused-ring (bicyclic) bond motifs is 3. The largest absolute Gasteiger partial charge is 0.378 e. The van der Waals surface area contributed by atoms with Crippen molar-refractivity contribution in [3.8, 4) is 0 Å². The average Bonchev–Trinajstić information content (AvgIpc) is 3.55. The average molecular weight is 695 g/mol. The molecule has 12 nitrogen and oxygen atoms in total. The maximum Gasteiger partial charge on any atom is 0.290 e. The highest BCUT2D eigenvalue weighted by molar-refractivity contribution is 7.19. The zero-order valence-electron chi connectivity index (χ0n) is 29.1. The Bertz CT molecular complexity index is 2170. The normalized spacial score (nSPS) is 20.0. The monoisotopic (exact) mass is 694 g/mol. The lowest BCUT2D eigenvalue weighted by Crippen LogP contribution is -2.59. The van der Waals surface area contributed by atoms with Crippen molar-refractivity contribution in [3.05, 3.63) is 85.2 Å². The van der Waals surface area contributed by atoms with E-state index in [0.29, 0.717) is 40.0 Å². The first kappa shape index (κ1) is 33.8. The Morgan fingerprint density at radius 1 is 1.16 bits per heavy atom. The number of anilines is 3. The molecule has 3 aliphatic rings. The molecular formula is C37H42N8O4S. The molecule has 0 saturated carbocycles. The summed E-state index contributed by atoms with van der Waals surface area (Å²) in [5.74, 6) is 0.531. The zero-order chi connectivity index (χ0) is 35.3. The molecule has 0 amide bonds. The first-order valence-corrected chi connectivity index (χ1v) is 17.7. The van der Waals surface area contributed by atoms with Crippen LogP contribution in [0.5, 0.6) is 0 Å². The van der Waals surface area contributed by atoms with Gasteiger partial charge in [0.05, 0.1) is 42.9 Å². The summed E-state index contributed by atoms with van der Waals surface area (Å²) in [5, 5.41) is 8.50. The van der Waals surface area contributed by atoms with E-state index in [2.05, 4.69) is 57.7 Å². The summed E-state index contributed by atoms with van der Waals surface area (Å²) in [6, 6.07) is 6.40. The van der Waals surface area contributed by atoms with Gasteiger partial charge < -0.3 is 19.5 Å². The third-order valence-corrected chi connectivity index (χ3v) is 11.3. The SMILES string of the molecule is C=N/C(=C(C=O)\C(=C/C)c1cc(Nc2ccc(N3CCN(C4COC4)C[C@@H]3C)cn2)c(=O)n(C)c1)n1ncc2c3c(sc2c1=O)CC(C)(C)C3. The highest BCUT2D eigenvalue weighted by Crippen LogP contribution is 2.43. The summed E-state index contributed by atoms with van der Waals surface area (Å²) < 4.78 is 8.56. The van der Waals surface area contributed by atoms with Gasteiger partial charge in [0.2, 0.25) is 0 Å². The lowest BCUT2D eigenvalue weighted by molar-refractivity contribution is -0.104. The number of aromatic nitrogens is 4.